The number of hydrogen-bond donors (Lipinski definition) is 1. The molecule has 1 unspecified atom stereocenters. The van der Waals surface area contributed by atoms with Crippen LogP contribution in [0.1, 0.15) is 11.6 Å². The van der Waals surface area contributed by atoms with Crippen LogP contribution in [0.4, 0.5) is 4.39 Å². The van der Waals surface area contributed by atoms with Crippen LogP contribution in [0.25, 0.3) is 0 Å². The lowest BCUT2D eigenvalue weighted by molar-refractivity contribution is 0.0383. The normalized spacial score (nSPS) is 17.9. The Bertz CT molecular complexity index is 441. The van der Waals surface area contributed by atoms with Crippen LogP contribution in [0.2, 0.25) is 0 Å². The molecule has 0 radical (unpaired) electrons. The largest absolute Gasteiger partial charge is 0.379 e. The third-order valence-corrected chi connectivity index (χ3v) is 3.23. The van der Waals surface area contributed by atoms with E-state index in [0.29, 0.717) is 12.1 Å². The average Bonchev–Trinajstić information content (AvgIpc) is 2.46. The van der Waals surface area contributed by atoms with Crippen molar-refractivity contribution in [3.63, 3.8) is 0 Å². The minimum absolute atomic E-state index is 0.340. The zero-order chi connectivity index (χ0) is 13.5. The molecule has 102 valence electrons. The molecule has 1 aromatic carbocycles. The first-order valence-electron chi connectivity index (χ1n) is 6.49. The molecule has 0 spiro atoms. The zero-order valence-electron chi connectivity index (χ0n) is 10.8. The molecule has 1 aliphatic heterocycles. The van der Waals surface area contributed by atoms with E-state index in [9.17, 15) is 4.39 Å². The van der Waals surface area contributed by atoms with Gasteiger partial charge in [0.2, 0.25) is 0 Å². The van der Waals surface area contributed by atoms with Gasteiger partial charge in [-0.15, -0.1) is 0 Å². The lowest BCUT2D eigenvalue weighted by atomic mass is 10.1. The van der Waals surface area contributed by atoms with Crippen molar-refractivity contribution in [3.05, 3.63) is 35.6 Å². The predicted octanol–water partition coefficient (Wildman–Crippen LogP) is 1.31. The minimum atomic E-state index is -0.595. The molecular weight excluding hydrogens is 245 g/mol. The smallest absolute Gasteiger partial charge is 0.129 e. The maximum absolute atomic E-state index is 13.6. The Balaban J connectivity index is 1.83. The Morgan fingerprint density at radius 2 is 2.11 bits per heavy atom. The van der Waals surface area contributed by atoms with Crippen LogP contribution in [0.3, 0.4) is 0 Å². The Labute approximate surface area is 112 Å². The van der Waals surface area contributed by atoms with Crippen LogP contribution < -0.4 is 5.32 Å². The second-order valence-electron chi connectivity index (χ2n) is 4.49. The molecule has 4 nitrogen and oxygen atoms in total. The van der Waals surface area contributed by atoms with Crippen molar-refractivity contribution in [2.75, 3.05) is 39.4 Å². The SMILES string of the molecule is N#CC(NCCN1CCOCC1)c1ccccc1F. The van der Waals surface area contributed by atoms with Crippen molar-refractivity contribution in [2.24, 2.45) is 0 Å². The van der Waals surface area contributed by atoms with Crippen molar-refractivity contribution in [2.45, 2.75) is 6.04 Å². The third kappa shape index (κ3) is 4.00. The van der Waals surface area contributed by atoms with Crippen LogP contribution in [0.15, 0.2) is 24.3 Å². The number of rotatable bonds is 5. The summed E-state index contributed by atoms with van der Waals surface area (Å²) in [6.45, 7) is 4.85. The van der Waals surface area contributed by atoms with Gasteiger partial charge in [0, 0.05) is 31.7 Å². The van der Waals surface area contributed by atoms with Gasteiger partial charge in [-0.2, -0.15) is 5.26 Å². The highest BCUT2D eigenvalue weighted by molar-refractivity contribution is 5.25. The fraction of sp³-hybridized carbons (Fsp3) is 0.500. The van der Waals surface area contributed by atoms with Gasteiger partial charge in [0.1, 0.15) is 11.9 Å². The first kappa shape index (κ1) is 13.9. The molecule has 0 amide bonds. The topological polar surface area (TPSA) is 48.3 Å². The molecule has 1 atom stereocenters. The predicted molar refractivity (Wildman–Crippen MR) is 70.0 cm³/mol. The van der Waals surface area contributed by atoms with Crippen LogP contribution in [-0.4, -0.2) is 44.3 Å². The van der Waals surface area contributed by atoms with Gasteiger partial charge < -0.3 is 4.74 Å². The molecule has 1 saturated heterocycles. The highest BCUT2D eigenvalue weighted by atomic mass is 19.1. The fourth-order valence-electron chi connectivity index (χ4n) is 2.13. The third-order valence-electron chi connectivity index (χ3n) is 3.23. The van der Waals surface area contributed by atoms with Gasteiger partial charge in [-0.1, -0.05) is 18.2 Å². The molecule has 2 rings (SSSR count). The molecule has 0 bridgehead atoms. The lowest BCUT2D eigenvalue weighted by Crippen LogP contribution is -2.40. The van der Waals surface area contributed by atoms with Crippen molar-refractivity contribution >= 4 is 0 Å². The molecule has 0 aromatic heterocycles. The average molecular weight is 263 g/mol. The van der Waals surface area contributed by atoms with Gasteiger partial charge in [0.15, 0.2) is 0 Å². The quantitative estimate of drug-likeness (QED) is 0.870. The van der Waals surface area contributed by atoms with E-state index < -0.39 is 6.04 Å². The molecule has 1 N–H and O–H groups in total. The monoisotopic (exact) mass is 263 g/mol. The summed E-state index contributed by atoms with van der Waals surface area (Å²) in [5, 5.41) is 12.2. The second kappa shape index (κ2) is 7.19. The van der Waals surface area contributed by atoms with Gasteiger partial charge in [0.25, 0.3) is 0 Å². The van der Waals surface area contributed by atoms with Crippen molar-refractivity contribution in [1.29, 1.82) is 5.26 Å². The summed E-state index contributed by atoms with van der Waals surface area (Å²) in [5.41, 5.74) is 0.409. The minimum Gasteiger partial charge on any atom is -0.379 e. The zero-order valence-corrected chi connectivity index (χ0v) is 10.8. The highest BCUT2D eigenvalue weighted by Gasteiger charge is 2.15. The van der Waals surface area contributed by atoms with E-state index in [2.05, 4.69) is 16.3 Å². The molecule has 0 aliphatic carbocycles. The standard InChI is InChI=1S/C14H18FN3O/c15-13-4-2-1-3-12(13)14(11-16)17-5-6-18-7-9-19-10-8-18/h1-4,14,17H,5-10H2. The summed E-state index contributed by atoms with van der Waals surface area (Å²) in [7, 11) is 0. The van der Waals surface area contributed by atoms with E-state index >= 15 is 0 Å². The van der Waals surface area contributed by atoms with E-state index in [-0.39, 0.29) is 5.82 Å². The Kier molecular flexibility index (Phi) is 5.28. The van der Waals surface area contributed by atoms with Crippen LogP contribution in [0.5, 0.6) is 0 Å². The van der Waals surface area contributed by atoms with Gasteiger partial charge in [-0.25, -0.2) is 4.39 Å². The summed E-state index contributed by atoms with van der Waals surface area (Å²) in [6.07, 6.45) is 0. The van der Waals surface area contributed by atoms with Gasteiger partial charge in [0.05, 0.1) is 19.3 Å². The first-order chi connectivity index (χ1) is 9.31. The van der Waals surface area contributed by atoms with E-state index in [1.54, 1.807) is 18.2 Å². The molecule has 1 heterocycles. The number of nitrogens with zero attached hydrogens (tertiary/aromatic N) is 2. The number of morpholine rings is 1. The number of halogens is 1. The van der Waals surface area contributed by atoms with E-state index in [4.69, 9.17) is 10.00 Å². The Morgan fingerprint density at radius 1 is 1.37 bits per heavy atom. The molecule has 1 aliphatic rings. The number of nitriles is 1. The molecule has 1 aromatic rings. The Morgan fingerprint density at radius 3 is 2.79 bits per heavy atom. The van der Waals surface area contributed by atoms with E-state index in [1.165, 1.54) is 6.07 Å². The maximum atomic E-state index is 13.6. The van der Waals surface area contributed by atoms with Gasteiger partial charge >= 0.3 is 0 Å². The van der Waals surface area contributed by atoms with Gasteiger partial charge in [-0.3, -0.25) is 10.2 Å². The van der Waals surface area contributed by atoms with Crippen molar-refractivity contribution in [3.8, 4) is 6.07 Å². The summed E-state index contributed by atoms with van der Waals surface area (Å²) in [5.74, 6) is -0.340. The number of hydrogen-bond acceptors (Lipinski definition) is 4. The van der Waals surface area contributed by atoms with Crippen molar-refractivity contribution < 1.29 is 9.13 Å². The highest BCUT2D eigenvalue weighted by Crippen LogP contribution is 2.15. The number of benzene rings is 1. The fourth-order valence-corrected chi connectivity index (χ4v) is 2.13. The van der Waals surface area contributed by atoms with Gasteiger partial charge in [-0.05, 0) is 6.07 Å². The number of nitrogens with one attached hydrogen (secondary N) is 1. The van der Waals surface area contributed by atoms with Crippen LogP contribution >= 0.6 is 0 Å². The molecule has 0 saturated carbocycles. The molecule has 5 heteroatoms. The molecule has 19 heavy (non-hydrogen) atoms. The number of ether oxygens (including phenoxy) is 1. The molecule has 1 fully saturated rings. The molecular formula is C14H18FN3O. The lowest BCUT2D eigenvalue weighted by Gasteiger charge is -2.27. The maximum Gasteiger partial charge on any atom is 0.129 e. The van der Waals surface area contributed by atoms with E-state index in [1.807, 2.05) is 0 Å². The summed E-state index contributed by atoms with van der Waals surface area (Å²) in [4.78, 5) is 2.27. The Hall–Kier alpha value is -1.48. The first-order valence-corrected chi connectivity index (χ1v) is 6.49. The summed E-state index contributed by atoms with van der Waals surface area (Å²) in [6, 6.07) is 7.90. The summed E-state index contributed by atoms with van der Waals surface area (Å²) < 4.78 is 18.9. The second-order valence-corrected chi connectivity index (χ2v) is 4.49. The van der Waals surface area contributed by atoms with Crippen LogP contribution in [0, 0.1) is 17.1 Å². The summed E-state index contributed by atoms with van der Waals surface area (Å²) >= 11 is 0. The van der Waals surface area contributed by atoms with Crippen molar-refractivity contribution in [1.82, 2.24) is 10.2 Å². The van der Waals surface area contributed by atoms with E-state index in [0.717, 1.165) is 32.8 Å². The van der Waals surface area contributed by atoms with Crippen LogP contribution in [-0.2, 0) is 4.74 Å².